The molecule has 0 aliphatic carbocycles. The van der Waals surface area contributed by atoms with E-state index in [4.69, 9.17) is 0 Å². The number of rotatable bonds is 6. The van der Waals surface area contributed by atoms with Crippen molar-refractivity contribution in [3.8, 4) is 5.75 Å². The van der Waals surface area contributed by atoms with Crippen LogP contribution >= 0.6 is 11.8 Å². The number of sulfone groups is 1. The van der Waals surface area contributed by atoms with Gasteiger partial charge in [-0.2, -0.15) is 0 Å². The van der Waals surface area contributed by atoms with Crippen molar-refractivity contribution < 1.29 is 13.5 Å². The minimum Gasteiger partial charge on any atom is -0.507 e. The van der Waals surface area contributed by atoms with Crippen molar-refractivity contribution in [2.75, 3.05) is 17.3 Å². The van der Waals surface area contributed by atoms with Gasteiger partial charge >= 0.3 is 0 Å². The molecule has 1 N–H and O–H groups in total. The third-order valence-corrected chi connectivity index (χ3v) is 6.11. The predicted octanol–water partition coefficient (Wildman–Crippen LogP) is 3.46. The van der Waals surface area contributed by atoms with Crippen LogP contribution in [0.15, 0.2) is 41.3 Å². The van der Waals surface area contributed by atoms with Crippen molar-refractivity contribution in [3.05, 3.63) is 36.4 Å². The second kappa shape index (κ2) is 6.50. The molecular formula is C15H18O3S2. The lowest BCUT2D eigenvalue weighted by Crippen LogP contribution is -2.09. The Hall–Kier alpha value is -1.20. The SMILES string of the molecule is CCS(=O)(=O)CCCSc1ccc(O)c2ccccc12. The third-order valence-electron chi connectivity index (χ3n) is 3.16. The summed E-state index contributed by atoms with van der Waals surface area (Å²) in [6, 6.07) is 11.3. The number of thioether (sulfide) groups is 1. The number of hydrogen-bond acceptors (Lipinski definition) is 4. The highest BCUT2D eigenvalue weighted by atomic mass is 32.2. The summed E-state index contributed by atoms with van der Waals surface area (Å²) in [6.07, 6.45) is 0.649. The van der Waals surface area contributed by atoms with Crippen LogP contribution in [0, 0.1) is 0 Å². The van der Waals surface area contributed by atoms with E-state index in [1.807, 2.05) is 30.3 Å². The lowest BCUT2D eigenvalue weighted by molar-refractivity contribution is 0.481. The van der Waals surface area contributed by atoms with Crippen molar-refractivity contribution in [2.45, 2.75) is 18.2 Å². The van der Waals surface area contributed by atoms with Crippen LogP contribution in [0.1, 0.15) is 13.3 Å². The van der Waals surface area contributed by atoms with E-state index in [2.05, 4.69) is 0 Å². The Bertz CT molecular complexity index is 693. The standard InChI is InChI=1S/C15H18O3S2/c1-2-20(17,18)11-5-10-19-15-9-8-14(16)12-6-3-4-7-13(12)15/h3-4,6-9,16H,2,5,10-11H2,1H3. The van der Waals surface area contributed by atoms with Crippen LogP contribution in [-0.4, -0.2) is 30.8 Å². The van der Waals surface area contributed by atoms with Gasteiger partial charge in [-0.15, -0.1) is 11.8 Å². The molecule has 2 aromatic rings. The van der Waals surface area contributed by atoms with E-state index in [1.165, 1.54) is 0 Å². The first-order valence-electron chi connectivity index (χ1n) is 6.57. The average Bonchev–Trinajstić information content (AvgIpc) is 2.46. The second-order valence-electron chi connectivity index (χ2n) is 4.57. The Morgan fingerprint density at radius 1 is 1.10 bits per heavy atom. The fourth-order valence-electron chi connectivity index (χ4n) is 1.99. The summed E-state index contributed by atoms with van der Waals surface area (Å²) in [5, 5.41) is 11.7. The molecule has 0 aromatic heterocycles. The van der Waals surface area contributed by atoms with Gasteiger partial charge in [0, 0.05) is 16.0 Å². The zero-order valence-corrected chi connectivity index (χ0v) is 13.0. The normalized spacial score (nSPS) is 11.8. The van der Waals surface area contributed by atoms with E-state index >= 15 is 0 Å². The largest absolute Gasteiger partial charge is 0.507 e. The quantitative estimate of drug-likeness (QED) is 0.656. The first-order chi connectivity index (χ1) is 9.53. The van der Waals surface area contributed by atoms with Crippen LogP contribution in [0.3, 0.4) is 0 Å². The van der Waals surface area contributed by atoms with E-state index in [-0.39, 0.29) is 17.3 Å². The maximum Gasteiger partial charge on any atom is 0.150 e. The molecule has 0 spiro atoms. The molecule has 0 aliphatic heterocycles. The van der Waals surface area contributed by atoms with Gasteiger partial charge in [-0.3, -0.25) is 0 Å². The van der Waals surface area contributed by atoms with Gasteiger partial charge in [-0.25, -0.2) is 8.42 Å². The molecule has 0 saturated heterocycles. The lowest BCUT2D eigenvalue weighted by Gasteiger charge is -2.08. The first-order valence-corrected chi connectivity index (χ1v) is 9.38. The van der Waals surface area contributed by atoms with Crippen molar-refractivity contribution in [1.82, 2.24) is 0 Å². The zero-order valence-electron chi connectivity index (χ0n) is 11.4. The van der Waals surface area contributed by atoms with E-state index in [0.717, 1.165) is 21.4 Å². The minimum absolute atomic E-state index is 0.208. The van der Waals surface area contributed by atoms with Gasteiger partial charge in [0.1, 0.15) is 15.6 Å². The molecule has 0 atom stereocenters. The van der Waals surface area contributed by atoms with E-state index < -0.39 is 9.84 Å². The number of phenols is 1. The van der Waals surface area contributed by atoms with Crippen LogP contribution in [0.4, 0.5) is 0 Å². The van der Waals surface area contributed by atoms with Crippen molar-refractivity contribution >= 4 is 32.4 Å². The average molecular weight is 310 g/mol. The highest BCUT2D eigenvalue weighted by Gasteiger charge is 2.08. The highest BCUT2D eigenvalue weighted by molar-refractivity contribution is 7.99. The van der Waals surface area contributed by atoms with Crippen LogP contribution in [0.25, 0.3) is 10.8 Å². The summed E-state index contributed by atoms with van der Waals surface area (Å²) in [6.45, 7) is 1.68. The van der Waals surface area contributed by atoms with Crippen molar-refractivity contribution in [3.63, 3.8) is 0 Å². The summed E-state index contributed by atoms with van der Waals surface area (Å²) < 4.78 is 22.9. The highest BCUT2D eigenvalue weighted by Crippen LogP contribution is 2.33. The van der Waals surface area contributed by atoms with Gasteiger partial charge in [0.05, 0.1) is 5.75 Å². The molecule has 0 fully saturated rings. The zero-order chi connectivity index (χ0) is 14.6. The van der Waals surface area contributed by atoms with Crippen LogP contribution in [-0.2, 0) is 9.84 Å². The summed E-state index contributed by atoms with van der Waals surface area (Å²) in [5.74, 6) is 1.49. The molecule has 5 heteroatoms. The van der Waals surface area contributed by atoms with Gasteiger partial charge in [-0.1, -0.05) is 31.2 Å². The van der Waals surface area contributed by atoms with Gasteiger partial charge in [-0.05, 0) is 29.7 Å². The van der Waals surface area contributed by atoms with E-state index in [9.17, 15) is 13.5 Å². The fraction of sp³-hybridized carbons (Fsp3) is 0.333. The molecule has 0 aliphatic rings. The van der Waals surface area contributed by atoms with Crippen LogP contribution in [0.2, 0.25) is 0 Å². The Balaban J connectivity index is 2.06. The van der Waals surface area contributed by atoms with Crippen LogP contribution in [0.5, 0.6) is 5.75 Å². The molecule has 0 radical (unpaired) electrons. The Morgan fingerprint density at radius 3 is 2.50 bits per heavy atom. The number of aromatic hydroxyl groups is 1. The summed E-state index contributed by atoms with van der Waals surface area (Å²) >= 11 is 1.63. The molecule has 3 nitrogen and oxygen atoms in total. The molecule has 0 bridgehead atoms. The monoisotopic (exact) mass is 310 g/mol. The second-order valence-corrected chi connectivity index (χ2v) is 8.18. The van der Waals surface area contributed by atoms with Crippen molar-refractivity contribution in [2.24, 2.45) is 0 Å². The maximum absolute atomic E-state index is 11.4. The predicted molar refractivity (Wildman–Crippen MR) is 85.3 cm³/mol. The number of hydrogen-bond donors (Lipinski definition) is 1. The summed E-state index contributed by atoms with van der Waals surface area (Å²) in [7, 11) is -2.88. The Labute approximate surface area is 123 Å². The third kappa shape index (κ3) is 3.67. The summed E-state index contributed by atoms with van der Waals surface area (Å²) in [4.78, 5) is 1.08. The maximum atomic E-state index is 11.4. The first kappa shape index (κ1) is 15.2. The van der Waals surface area contributed by atoms with Crippen LogP contribution < -0.4 is 0 Å². The summed E-state index contributed by atoms with van der Waals surface area (Å²) in [5.41, 5.74) is 0. The molecule has 2 aromatic carbocycles. The lowest BCUT2D eigenvalue weighted by atomic mass is 10.1. The van der Waals surface area contributed by atoms with Gasteiger partial charge in [0.25, 0.3) is 0 Å². The Morgan fingerprint density at radius 2 is 1.80 bits per heavy atom. The topological polar surface area (TPSA) is 54.4 Å². The molecule has 0 amide bonds. The minimum atomic E-state index is -2.88. The van der Waals surface area contributed by atoms with Gasteiger partial charge in [0.15, 0.2) is 0 Å². The number of benzene rings is 2. The fourth-order valence-corrected chi connectivity index (χ4v) is 4.05. The molecular weight excluding hydrogens is 292 g/mol. The van der Waals surface area contributed by atoms with Gasteiger partial charge < -0.3 is 5.11 Å². The molecule has 108 valence electrons. The van der Waals surface area contributed by atoms with E-state index in [0.29, 0.717) is 6.42 Å². The number of fused-ring (bicyclic) bond motifs is 1. The van der Waals surface area contributed by atoms with Crippen molar-refractivity contribution in [1.29, 1.82) is 0 Å². The van der Waals surface area contributed by atoms with Gasteiger partial charge in [0.2, 0.25) is 0 Å². The molecule has 20 heavy (non-hydrogen) atoms. The molecule has 0 saturated carbocycles. The molecule has 0 heterocycles. The smallest absolute Gasteiger partial charge is 0.150 e. The Kier molecular flexibility index (Phi) is 4.94. The van der Waals surface area contributed by atoms with E-state index in [1.54, 1.807) is 24.8 Å². The molecule has 2 rings (SSSR count). The number of phenolic OH excluding ortho intramolecular Hbond substituents is 1. The molecule has 0 unspecified atom stereocenters.